The van der Waals surface area contributed by atoms with Crippen LogP contribution in [-0.2, 0) is 15.0 Å². The molecule has 1 fully saturated rings. The molecule has 3 aliphatic rings. The Morgan fingerprint density at radius 3 is 2.62 bits per heavy atom. The zero-order valence-corrected chi connectivity index (χ0v) is 18.1. The topological polar surface area (TPSA) is 91.9 Å². The molecule has 0 saturated carbocycles. The van der Waals surface area contributed by atoms with E-state index in [0.29, 0.717) is 29.9 Å². The number of hydrogen-bond acceptors (Lipinski definition) is 7. The maximum absolute atomic E-state index is 15.1. The van der Waals surface area contributed by atoms with Gasteiger partial charge in [0.25, 0.3) is 6.02 Å². The zero-order chi connectivity index (χ0) is 23.5. The van der Waals surface area contributed by atoms with Crippen molar-refractivity contribution in [1.29, 1.82) is 0 Å². The number of halogens is 2. The second-order valence-corrected chi connectivity index (χ2v) is 8.75. The average Bonchev–Trinajstić information content (AvgIpc) is 3.19. The molecule has 0 aliphatic carbocycles. The minimum atomic E-state index is -1.15. The minimum Gasteiger partial charge on any atom is -0.462 e. The summed E-state index contributed by atoms with van der Waals surface area (Å²) >= 11 is 0. The Kier molecular flexibility index (Phi) is 4.38. The van der Waals surface area contributed by atoms with E-state index in [9.17, 15) is 4.39 Å². The summed E-state index contributed by atoms with van der Waals surface area (Å²) in [6, 6.07) is 7.49. The van der Waals surface area contributed by atoms with Gasteiger partial charge < -0.3 is 19.9 Å². The van der Waals surface area contributed by atoms with Gasteiger partial charge in [0.05, 0.1) is 24.2 Å². The lowest BCUT2D eigenvalue weighted by atomic mass is 9.81. The molecule has 0 radical (unpaired) electrons. The van der Waals surface area contributed by atoms with Gasteiger partial charge in [-0.05, 0) is 31.2 Å². The first-order valence-corrected chi connectivity index (χ1v) is 10.6. The van der Waals surface area contributed by atoms with Crippen LogP contribution in [0.5, 0.6) is 11.6 Å². The van der Waals surface area contributed by atoms with Crippen molar-refractivity contribution in [2.24, 2.45) is 16.1 Å². The maximum atomic E-state index is 15.1. The highest BCUT2D eigenvalue weighted by Gasteiger charge is 2.48. The minimum absolute atomic E-state index is 0.0205. The fraction of sp³-hybridized carbons (Fsp3) is 0.240. The zero-order valence-electron chi connectivity index (χ0n) is 18.1. The Balaban J connectivity index is 1.53. The first kappa shape index (κ1) is 20.6. The van der Waals surface area contributed by atoms with Crippen molar-refractivity contribution in [3.63, 3.8) is 0 Å². The van der Waals surface area contributed by atoms with Crippen molar-refractivity contribution >= 4 is 6.02 Å². The molecule has 170 valence electrons. The van der Waals surface area contributed by atoms with E-state index in [1.807, 2.05) is 13.0 Å². The van der Waals surface area contributed by atoms with Gasteiger partial charge in [0.15, 0.2) is 5.54 Å². The monoisotopic (exact) mass is 460 g/mol. The van der Waals surface area contributed by atoms with E-state index in [2.05, 4.69) is 26.8 Å². The summed E-state index contributed by atoms with van der Waals surface area (Å²) in [7, 11) is 0. The van der Waals surface area contributed by atoms with E-state index in [1.165, 1.54) is 30.5 Å². The molecule has 2 N–H and O–H groups in total. The summed E-state index contributed by atoms with van der Waals surface area (Å²) in [5.74, 6) is 5.36. The fourth-order valence-electron chi connectivity index (χ4n) is 4.31. The molecular weight excluding hydrogens is 442 g/mol. The lowest BCUT2D eigenvalue weighted by Gasteiger charge is -2.33. The van der Waals surface area contributed by atoms with Crippen LogP contribution < -0.4 is 10.5 Å². The number of pyridine rings is 2. The fourth-order valence-corrected chi connectivity index (χ4v) is 4.31. The molecule has 0 unspecified atom stereocenters. The van der Waals surface area contributed by atoms with Crippen LogP contribution in [0.3, 0.4) is 0 Å². The van der Waals surface area contributed by atoms with Crippen LogP contribution >= 0.6 is 0 Å². The molecule has 1 atom stereocenters. The molecule has 1 spiro atoms. The lowest BCUT2D eigenvalue weighted by molar-refractivity contribution is -0.0648. The summed E-state index contributed by atoms with van der Waals surface area (Å²) in [5, 5.41) is 0. The van der Waals surface area contributed by atoms with Gasteiger partial charge in [-0.2, -0.15) is 4.39 Å². The van der Waals surface area contributed by atoms with E-state index in [4.69, 9.17) is 19.9 Å². The number of fused-ring (bicyclic) bond motifs is 4. The van der Waals surface area contributed by atoms with Crippen LogP contribution in [-0.4, -0.2) is 35.8 Å². The third-order valence-corrected chi connectivity index (χ3v) is 6.15. The van der Waals surface area contributed by atoms with Gasteiger partial charge in [0.1, 0.15) is 18.2 Å². The molecule has 5 heterocycles. The summed E-state index contributed by atoms with van der Waals surface area (Å²) < 4.78 is 46.2. The summed E-state index contributed by atoms with van der Waals surface area (Å²) in [6.45, 7) is 3.23. The molecule has 7 nitrogen and oxygen atoms in total. The molecule has 1 aromatic carbocycles. The maximum Gasteiger partial charge on any atom is 0.283 e. The Bertz CT molecular complexity index is 1440. The van der Waals surface area contributed by atoms with E-state index in [1.54, 1.807) is 6.20 Å². The molecule has 2 aromatic heterocycles. The van der Waals surface area contributed by atoms with Gasteiger partial charge in [0.2, 0.25) is 11.8 Å². The van der Waals surface area contributed by atoms with Gasteiger partial charge in [0, 0.05) is 40.7 Å². The molecule has 0 amide bonds. The molecule has 1 saturated heterocycles. The predicted octanol–water partition coefficient (Wildman–Crippen LogP) is 3.50. The van der Waals surface area contributed by atoms with E-state index in [0.717, 1.165) is 0 Å². The van der Waals surface area contributed by atoms with Gasteiger partial charge in [-0.1, -0.05) is 11.8 Å². The quantitative estimate of drug-likeness (QED) is 0.442. The third kappa shape index (κ3) is 3.10. The highest BCUT2D eigenvalue weighted by Crippen LogP contribution is 2.51. The van der Waals surface area contributed by atoms with Crippen molar-refractivity contribution in [3.05, 3.63) is 71.2 Å². The molecule has 3 aliphatic heterocycles. The first-order chi connectivity index (χ1) is 16.4. The van der Waals surface area contributed by atoms with Gasteiger partial charge in [-0.15, -0.1) is 0 Å². The smallest absolute Gasteiger partial charge is 0.283 e. The Morgan fingerprint density at radius 2 is 1.91 bits per heavy atom. The van der Waals surface area contributed by atoms with Crippen LogP contribution in [0.25, 0.3) is 11.1 Å². The van der Waals surface area contributed by atoms with Gasteiger partial charge in [-0.3, -0.25) is 0 Å². The number of hydrogen-bond donors (Lipinski definition) is 1. The Hall–Kier alpha value is -4.03. The number of ether oxygens (including phenoxy) is 3. The number of nitrogens with two attached hydrogens (primary N) is 1. The van der Waals surface area contributed by atoms with Crippen molar-refractivity contribution in [3.8, 4) is 34.6 Å². The van der Waals surface area contributed by atoms with Crippen LogP contribution in [0.15, 0.2) is 47.7 Å². The molecule has 0 bridgehead atoms. The van der Waals surface area contributed by atoms with Gasteiger partial charge >= 0.3 is 0 Å². The molecule has 3 aromatic rings. The number of aromatic nitrogens is 2. The second-order valence-electron chi connectivity index (χ2n) is 8.75. The summed E-state index contributed by atoms with van der Waals surface area (Å²) in [5.41, 5.74) is 6.32. The van der Waals surface area contributed by atoms with Crippen molar-refractivity contribution < 1.29 is 23.0 Å². The first-order valence-electron chi connectivity index (χ1n) is 10.6. The summed E-state index contributed by atoms with van der Waals surface area (Å²) in [4.78, 5) is 12.6. The second kappa shape index (κ2) is 7.23. The third-order valence-electron chi connectivity index (χ3n) is 6.15. The SMILES string of the molecule is CC1(C#Cc2cnc3c(c2)[C@@]2(COC(N)=N2)c2cc(-c4cccnc4F)c(F)cc2O3)COC1. The molecule has 9 heteroatoms. The van der Waals surface area contributed by atoms with Crippen molar-refractivity contribution in [2.45, 2.75) is 12.5 Å². The standard InChI is InChI=1S/C25H18F2N4O3/c1-24(11-32-12-24)5-4-14-7-18-22(30-10-14)34-20-9-19(26)16(15-3-2-6-29-21(15)27)8-17(20)25(18)13-33-23(28)31-25/h2-3,6-10H,11-13H2,1H3,(H2,28,31)/t25-/m1/s1. The number of amidine groups is 1. The number of rotatable bonds is 1. The van der Waals surface area contributed by atoms with Crippen LogP contribution in [0.1, 0.15) is 23.6 Å². The largest absolute Gasteiger partial charge is 0.462 e. The highest BCUT2D eigenvalue weighted by atomic mass is 19.1. The van der Waals surface area contributed by atoms with Crippen LogP contribution in [0, 0.1) is 29.0 Å². The molecular formula is C25H18F2N4O3. The van der Waals surface area contributed by atoms with Crippen LogP contribution in [0.4, 0.5) is 8.78 Å². The number of aliphatic imine (C=N–C) groups is 1. The molecule has 6 rings (SSSR count). The predicted molar refractivity (Wildman–Crippen MR) is 118 cm³/mol. The average molecular weight is 460 g/mol. The van der Waals surface area contributed by atoms with E-state index < -0.39 is 17.3 Å². The normalized spacial score (nSPS) is 21.2. The highest BCUT2D eigenvalue weighted by molar-refractivity contribution is 5.78. The van der Waals surface area contributed by atoms with E-state index >= 15 is 4.39 Å². The van der Waals surface area contributed by atoms with Crippen molar-refractivity contribution in [1.82, 2.24) is 9.97 Å². The van der Waals surface area contributed by atoms with Crippen molar-refractivity contribution in [2.75, 3.05) is 19.8 Å². The lowest BCUT2D eigenvalue weighted by Crippen LogP contribution is -2.38. The molecule has 34 heavy (non-hydrogen) atoms. The van der Waals surface area contributed by atoms with Gasteiger partial charge in [-0.25, -0.2) is 19.4 Å². The number of nitrogens with zero attached hydrogens (tertiary/aromatic N) is 3. The summed E-state index contributed by atoms with van der Waals surface area (Å²) in [6.07, 6.45) is 2.89. The number of benzene rings is 1. The Labute approximate surface area is 193 Å². The van der Waals surface area contributed by atoms with Crippen LogP contribution in [0.2, 0.25) is 0 Å². The van der Waals surface area contributed by atoms with E-state index in [-0.39, 0.29) is 40.8 Å². The Morgan fingerprint density at radius 1 is 1.06 bits per heavy atom.